The molecule has 0 spiro atoms. The van der Waals surface area contributed by atoms with Gasteiger partial charge >= 0.3 is 0 Å². The number of carbonyl (C=O) groups excluding carboxylic acids is 1. The molecule has 4 rings (SSSR count). The zero-order chi connectivity index (χ0) is 16.1. The molecule has 3 heterocycles. The number of fused-ring (bicyclic) bond motifs is 2. The summed E-state index contributed by atoms with van der Waals surface area (Å²) in [6.45, 7) is 4.42. The van der Waals surface area contributed by atoms with Gasteiger partial charge in [0, 0.05) is 6.42 Å². The van der Waals surface area contributed by atoms with Crippen LogP contribution in [0.5, 0.6) is 0 Å². The summed E-state index contributed by atoms with van der Waals surface area (Å²) < 4.78 is 14.6. The van der Waals surface area contributed by atoms with Gasteiger partial charge in [0.05, 0.1) is 18.3 Å². The first-order chi connectivity index (χ1) is 11.0. The highest BCUT2D eigenvalue weighted by atomic mass is 32.1. The van der Waals surface area contributed by atoms with E-state index in [1.54, 1.807) is 9.36 Å². The Morgan fingerprint density at radius 1 is 1.22 bits per heavy atom. The second-order valence-corrected chi connectivity index (χ2v) is 6.41. The number of aryl methyl sites for hydroxylation is 2. The van der Waals surface area contributed by atoms with Crippen molar-refractivity contribution in [2.45, 2.75) is 38.7 Å². The fourth-order valence-electron chi connectivity index (χ4n) is 3.17. The maximum atomic E-state index is 12.0. The van der Waals surface area contributed by atoms with Crippen LogP contribution in [0.25, 0.3) is 5.69 Å². The molecule has 0 saturated carbocycles. The Kier molecular flexibility index (Phi) is 3.40. The largest absolute Gasteiger partial charge is 0.343 e. The molecule has 120 valence electrons. The number of hydrogen-bond donors (Lipinski definition) is 0. The van der Waals surface area contributed by atoms with Gasteiger partial charge in [0.15, 0.2) is 5.78 Å². The summed E-state index contributed by atoms with van der Waals surface area (Å²) in [5.41, 5.74) is 3.11. The third-order valence-corrected chi connectivity index (χ3v) is 4.54. The van der Waals surface area contributed by atoms with Gasteiger partial charge in [0.1, 0.15) is 6.10 Å². The van der Waals surface area contributed by atoms with Crippen LogP contribution in [0.3, 0.4) is 0 Å². The van der Waals surface area contributed by atoms with Gasteiger partial charge in [0.2, 0.25) is 11.1 Å². The van der Waals surface area contributed by atoms with E-state index in [0.717, 1.165) is 16.8 Å². The van der Waals surface area contributed by atoms with Gasteiger partial charge in [0.25, 0.3) is 0 Å². The SMILES string of the molecule is Cc1cc(C)cc(-n2nnn([C@@H]3CC(=O)[C@H]4OC[C@@H]3O4)c2=S)c1. The average molecular weight is 332 g/mol. The predicted octanol–water partition coefficient (Wildman–Crippen LogP) is 1.67. The Bertz CT molecular complexity index is 823. The van der Waals surface area contributed by atoms with Crippen molar-refractivity contribution in [1.29, 1.82) is 0 Å². The Labute approximate surface area is 137 Å². The maximum Gasteiger partial charge on any atom is 0.221 e. The normalized spacial score (nSPS) is 26.7. The molecule has 3 atom stereocenters. The van der Waals surface area contributed by atoms with Crippen LogP contribution in [-0.2, 0) is 14.3 Å². The lowest BCUT2D eigenvalue weighted by Crippen LogP contribution is -2.37. The van der Waals surface area contributed by atoms with Crippen LogP contribution >= 0.6 is 12.2 Å². The fourth-order valence-corrected chi connectivity index (χ4v) is 3.48. The van der Waals surface area contributed by atoms with Crippen molar-refractivity contribution in [3.8, 4) is 5.69 Å². The number of aromatic nitrogens is 4. The molecule has 23 heavy (non-hydrogen) atoms. The number of rotatable bonds is 2. The minimum absolute atomic E-state index is 0.0772. The second-order valence-electron chi connectivity index (χ2n) is 6.04. The highest BCUT2D eigenvalue weighted by Crippen LogP contribution is 2.32. The number of tetrazole rings is 1. The fraction of sp³-hybridized carbons (Fsp3) is 0.467. The van der Waals surface area contributed by atoms with E-state index >= 15 is 0 Å². The zero-order valence-electron chi connectivity index (χ0n) is 12.8. The van der Waals surface area contributed by atoms with Crippen LogP contribution in [0.1, 0.15) is 23.6 Å². The molecule has 2 bridgehead atoms. The molecule has 0 N–H and O–H groups in total. The van der Waals surface area contributed by atoms with Gasteiger partial charge in [-0.3, -0.25) is 4.79 Å². The van der Waals surface area contributed by atoms with Crippen LogP contribution in [0.2, 0.25) is 0 Å². The van der Waals surface area contributed by atoms with E-state index in [4.69, 9.17) is 21.7 Å². The van der Waals surface area contributed by atoms with Crippen LogP contribution < -0.4 is 0 Å². The average Bonchev–Trinajstić information content (AvgIpc) is 3.08. The third-order valence-electron chi connectivity index (χ3n) is 4.18. The molecule has 7 nitrogen and oxygen atoms in total. The Morgan fingerprint density at radius 3 is 2.70 bits per heavy atom. The molecule has 8 heteroatoms. The zero-order valence-corrected chi connectivity index (χ0v) is 13.6. The number of ether oxygens (including phenoxy) is 2. The van der Waals surface area contributed by atoms with Crippen LogP contribution in [0.4, 0.5) is 0 Å². The van der Waals surface area contributed by atoms with Gasteiger partial charge in [-0.15, -0.1) is 0 Å². The molecule has 2 aromatic rings. The van der Waals surface area contributed by atoms with Crippen molar-refractivity contribution < 1.29 is 14.3 Å². The lowest BCUT2D eigenvalue weighted by molar-refractivity contribution is -0.156. The molecule has 2 fully saturated rings. The highest BCUT2D eigenvalue weighted by molar-refractivity contribution is 7.71. The first kappa shape index (κ1) is 14.7. The molecule has 1 aromatic carbocycles. The minimum Gasteiger partial charge on any atom is -0.343 e. The monoisotopic (exact) mass is 332 g/mol. The summed E-state index contributed by atoms with van der Waals surface area (Å²) in [7, 11) is 0. The molecule has 2 aliphatic rings. The van der Waals surface area contributed by atoms with Crippen molar-refractivity contribution >= 4 is 18.0 Å². The third kappa shape index (κ3) is 2.43. The molecule has 1 aromatic heterocycles. The number of hydrogen-bond acceptors (Lipinski definition) is 6. The van der Waals surface area contributed by atoms with E-state index in [-0.39, 0.29) is 17.9 Å². The van der Waals surface area contributed by atoms with Crippen molar-refractivity contribution in [2.75, 3.05) is 6.61 Å². The molecule has 2 saturated heterocycles. The summed E-state index contributed by atoms with van der Waals surface area (Å²) in [6.07, 6.45) is -0.636. The first-order valence-corrected chi connectivity index (χ1v) is 7.87. The summed E-state index contributed by atoms with van der Waals surface area (Å²) in [6, 6.07) is 5.81. The Balaban J connectivity index is 1.74. The van der Waals surface area contributed by atoms with E-state index in [1.807, 2.05) is 26.0 Å². The second kappa shape index (κ2) is 5.33. The van der Waals surface area contributed by atoms with Gasteiger partial charge in [-0.1, -0.05) is 6.07 Å². The topological polar surface area (TPSA) is 71.2 Å². The van der Waals surface area contributed by atoms with Crippen molar-refractivity contribution in [3.63, 3.8) is 0 Å². The number of Topliss-reactive ketones (excluding diaryl/α,β-unsaturated/α-hetero) is 1. The predicted molar refractivity (Wildman–Crippen MR) is 82.9 cm³/mol. The quantitative estimate of drug-likeness (QED) is 0.779. The van der Waals surface area contributed by atoms with Gasteiger partial charge in [-0.25, -0.2) is 4.68 Å². The molecular formula is C15H16N4O3S. The molecule has 2 aliphatic heterocycles. The van der Waals surface area contributed by atoms with E-state index < -0.39 is 6.29 Å². The number of benzene rings is 1. The molecule has 0 amide bonds. The van der Waals surface area contributed by atoms with E-state index in [1.165, 1.54) is 0 Å². The van der Waals surface area contributed by atoms with Gasteiger partial charge in [-0.05, 0) is 59.8 Å². The van der Waals surface area contributed by atoms with Crippen LogP contribution in [0.15, 0.2) is 18.2 Å². The van der Waals surface area contributed by atoms with Crippen molar-refractivity contribution in [1.82, 2.24) is 19.8 Å². The maximum absolute atomic E-state index is 12.0. The summed E-state index contributed by atoms with van der Waals surface area (Å²) in [5, 5.41) is 8.33. The van der Waals surface area contributed by atoms with Crippen molar-refractivity contribution in [2.24, 2.45) is 0 Å². The molecule has 0 aliphatic carbocycles. The van der Waals surface area contributed by atoms with E-state index in [9.17, 15) is 4.79 Å². The number of carbonyl (C=O) groups is 1. The lowest BCUT2D eigenvalue weighted by atomic mass is 10.0. The Hall–Kier alpha value is -1.90. The minimum atomic E-state index is -0.722. The van der Waals surface area contributed by atoms with Crippen LogP contribution in [0, 0.1) is 18.6 Å². The number of ketones is 1. The lowest BCUT2D eigenvalue weighted by Gasteiger charge is -2.25. The number of nitrogens with zero attached hydrogens (tertiary/aromatic N) is 4. The highest BCUT2D eigenvalue weighted by Gasteiger charge is 2.45. The van der Waals surface area contributed by atoms with Gasteiger partial charge in [-0.2, -0.15) is 4.68 Å². The van der Waals surface area contributed by atoms with Crippen molar-refractivity contribution in [3.05, 3.63) is 34.1 Å². The summed E-state index contributed by atoms with van der Waals surface area (Å²) in [5.74, 6) is -0.0772. The summed E-state index contributed by atoms with van der Waals surface area (Å²) in [4.78, 5) is 12.0. The van der Waals surface area contributed by atoms with Gasteiger partial charge < -0.3 is 9.47 Å². The first-order valence-electron chi connectivity index (χ1n) is 7.46. The van der Waals surface area contributed by atoms with E-state index in [0.29, 0.717) is 17.8 Å². The summed E-state index contributed by atoms with van der Waals surface area (Å²) >= 11 is 5.52. The smallest absolute Gasteiger partial charge is 0.221 e. The van der Waals surface area contributed by atoms with Crippen LogP contribution in [-0.4, -0.2) is 44.6 Å². The molecule has 0 unspecified atom stereocenters. The van der Waals surface area contributed by atoms with E-state index in [2.05, 4.69) is 16.5 Å². The molecular weight excluding hydrogens is 316 g/mol. The Morgan fingerprint density at radius 2 is 1.96 bits per heavy atom. The standard InChI is InChI=1S/C15H16N4O3S/c1-8-3-9(2)5-10(4-8)18-15(23)19(17-16-18)11-6-12(20)14-21-7-13(11)22-14/h3-5,11,13-14H,6-7H2,1-2H3/t11-,13+,14+/m1/s1. The molecule has 0 radical (unpaired) electrons.